The zero-order valence-electron chi connectivity index (χ0n) is 21.1. The zero-order chi connectivity index (χ0) is 27.4. The predicted octanol–water partition coefficient (Wildman–Crippen LogP) is 4.49. The second-order valence-corrected chi connectivity index (χ2v) is 10.9. The molecule has 0 aliphatic carbocycles. The molecule has 0 radical (unpaired) electrons. The fourth-order valence-electron chi connectivity index (χ4n) is 3.89. The van der Waals surface area contributed by atoms with E-state index in [1.54, 1.807) is 48.9 Å². The molecule has 1 heterocycles. The molecule has 3 N–H and O–H groups in total. The molecule has 0 fully saturated rings. The van der Waals surface area contributed by atoms with Crippen molar-refractivity contribution in [3.63, 3.8) is 0 Å². The van der Waals surface area contributed by atoms with E-state index in [1.165, 1.54) is 12.1 Å². The number of amides is 1. The minimum Gasteiger partial charge on any atom is -0.480 e. The van der Waals surface area contributed by atoms with Crippen molar-refractivity contribution < 1.29 is 23.1 Å². The lowest BCUT2D eigenvalue weighted by Gasteiger charge is -2.18. The van der Waals surface area contributed by atoms with Gasteiger partial charge in [0.15, 0.2) is 5.69 Å². The van der Waals surface area contributed by atoms with Gasteiger partial charge in [0.1, 0.15) is 6.04 Å². The number of para-hydroxylation sites is 1. The normalized spacial score (nSPS) is 12.3. The first kappa shape index (κ1) is 26.8. The lowest BCUT2D eigenvalue weighted by atomic mass is 10.1. The number of anilines is 1. The number of sulfonamides is 1. The van der Waals surface area contributed by atoms with Crippen LogP contribution in [-0.2, 0) is 14.8 Å². The van der Waals surface area contributed by atoms with E-state index in [0.717, 1.165) is 22.5 Å². The molecule has 0 unspecified atom stereocenters. The maximum atomic E-state index is 12.8. The van der Waals surface area contributed by atoms with Gasteiger partial charge in [0.25, 0.3) is 5.91 Å². The lowest BCUT2D eigenvalue weighted by molar-refractivity contribution is -0.140. The third-order valence-electron chi connectivity index (χ3n) is 5.98. The molecule has 38 heavy (non-hydrogen) atoms. The van der Waals surface area contributed by atoms with Crippen molar-refractivity contribution in [2.45, 2.75) is 31.7 Å². The lowest BCUT2D eigenvalue weighted by Crippen LogP contribution is -2.44. The van der Waals surface area contributed by atoms with Gasteiger partial charge in [0.2, 0.25) is 10.0 Å². The fourth-order valence-corrected chi connectivity index (χ4v) is 5.23. The van der Waals surface area contributed by atoms with Gasteiger partial charge in [-0.15, -0.1) is 0 Å². The molecule has 196 valence electrons. The highest BCUT2D eigenvalue weighted by Gasteiger charge is 2.28. The van der Waals surface area contributed by atoms with Crippen LogP contribution in [0.25, 0.3) is 16.8 Å². The molecule has 1 amide bonds. The number of aryl methyl sites for hydroxylation is 1. The Labute approximate surface area is 221 Å². The Morgan fingerprint density at radius 3 is 2.03 bits per heavy atom. The van der Waals surface area contributed by atoms with E-state index in [9.17, 15) is 23.1 Å². The number of carboxylic acid groups (broad SMARTS) is 1. The fraction of sp³-hybridized carbons (Fsp3) is 0.179. The standard InChI is InChI=1S/C28H28N4O5S/c1-18(2)26(28(34)35)31-38(36,37)24-15-11-21(12-16-24)20-9-13-22(14-10-20)29-27(33)25-17-19(3)32(30-25)23-7-5-4-6-8-23/h4-18,26,31H,1-3H3,(H,29,33)(H,34,35)/t26-/m0/s1. The summed E-state index contributed by atoms with van der Waals surface area (Å²) in [5, 5.41) is 16.6. The minimum absolute atomic E-state index is 0.0257. The molecule has 4 rings (SSSR count). The molecule has 9 nitrogen and oxygen atoms in total. The van der Waals surface area contributed by atoms with Crippen LogP contribution in [0.3, 0.4) is 0 Å². The minimum atomic E-state index is -4.00. The Hall–Kier alpha value is -4.28. The number of hydrogen-bond acceptors (Lipinski definition) is 5. The van der Waals surface area contributed by atoms with Crippen LogP contribution < -0.4 is 10.0 Å². The maximum absolute atomic E-state index is 12.8. The van der Waals surface area contributed by atoms with E-state index >= 15 is 0 Å². The largest absolute Gasteiger partial charge is 0.480 e. The van der Waals surface area contributed by atoms with Gasteiger partial charge in [0, 0.05) is 11.4 Å². The summed E-state index contributed by atoms with van der Waals surface area (Å²) >= 11 is 0. The van der Waals surface area contributed by atoms with Gasteiger partial charge in [0.05, 0.1) is 10.6 Å². The number of rotatable bonds is 9. The predicted molar refractivity (Wildman–Crippen MR) is 145 cm³/mol. The Balaban J connectivity index is 1.44. The van der Waals surface area contributed by atoms with E-state index in [1.807, 2.05) is 49.4 Å². The number of nitrogens with one attached hydrogen (secondary N) is 2. The Morgan fingerprint density at radius 1 is 0.895 bits per heavy atom. The summed E-state index contributed by atoms with van der Waals surface area (Å²) in [5.41, 5.74) is 4.16. The van der Waals surface area contributed by atoms with Crippen LogP contribution in [0.2, 0.25) is 0 Å². The van der Waals surface area contributed by atoms with Crippen molar-refractivity contribution >= 4 is 27.6 Å². The van der Waals surface area contributed by atoms with Crippen LogP contribution >= 0.6 is 0 Å². The number of aliphatic carboxylic acids is 1. The third-order valence-corrected chi connectivity index (χ3v) is 7.43. The number of hydrogen-bond donors (Lipinski definition) is 3. The van der Waals surface area contributed by atoms with Gasteiger partial charge in [-0.2, -0.15) is 9.82 Å². The van der Waals surface area contributed by atoms with Gasteiger partial charge < -0.3 is 10.4 Å². The topological polar surface area (TPSA) is 130 Å². The maximum Gasteiger partial charge on any atom is 0.322 e. The van der Waals surface area contributed by atoms with Crippen LogP contribution in [-0.4, -0.2) is 41.2 Å². The first-order chi connectivity index (χ1) is 18.0. The molecule has 0 saturated heterocycles. The number of aromatic nitrogens is 2. The summed E-state index contributed by atoms with van der Waals surface area (Å²) in [6.07, 6.45) is 0. The monoisotopic (exact) mass is 532 g/mol. The smallest absolute Gasteiger partial charge is 0.322 e. The molecule has 0 aliphatic rings. The first-order valence-electron chi connectivity index (χ1n) is 11.9. The molecule has 4 aromatic rings. The van der Waals surface area contributed by atoms with Crippen molar-refractivity contribution in [1.82, 2.24) is 14.5 Å². The zero-order valence-corrected chi connectivity index (χ0v) is 21.9. The molecule has 3 aromatic carbocycles. The molecular weight excluding hydrogens is 504 g/mol. The molecule has 1 atom stereocenters. The molecule has 0 spiro atoms. The molecule has 1 aromatic heterocycles. The van der Waals surface area contributed by atoms with Crippen LogP contribution in [0.15, 0.2) is 89.8 Å². The summed E-state index contributed by atoms with van der Waals surface area (Å²) in [4.78, 5) is 24.1. The number of nitrogens with zero attached hydrogens (tertiary/aromatic N) is 2. The van der Waals surface area contributed by atoms with E-state index in [4.69, 9.17) is 0 Å². The number of carbonyl (C=O) groups is 2. The SMILES string of the molecule is Cc1cc(C(=O)Nc2ccc(-c3ccc(S(=O)(=O)N[C@H](C(=O)O)C(C)C)cc3)cc2)nn1-c1ccccc1. The van der Waals surface area contributed by atoms with Crippen molar-refractivity contribution in [3.8, 4) is 16.8 Å². The van der Waals surface area contributed by atoms with Crippen molar-refractivity contribution in [2.24, 2.45) is 5.92 Å². The Bertz CT molecular complexity index is 1550. The summed E-state index contributed by atoms with van der Waals surface area (Å²) < 4.78 is 29.2. The average molecular weight is 533 g/mol. The van der Waals surface area contributed by atoms with E-state index in [2.05, 4.69) is 15.1 Å². The molecular formula is C28H28N4O5S. The Morgan fingerprint density at radius 2 is 1.47 bits per heavy atom. The molecule has 0 saturated carbocycles. The highest BCUT2D eigenvalue weighted by Crippen LogP contribution is 2.24. The summed E-state index contributed by atoms with van der Waals surface area (Å²) in [7, 11) is -4.00. The number of benzene rings is 3. The number of carbonyl (C=O) groups excluding carboxylic acids is 1. The summed E-state index contributed by atoms with van der Waals surface area (Å²) in [6, 6.07) is 23.3. The molecule has 0 aliphatic heterocycles. The molecule has 10 heteroatoms. The third kappa shape index (κ3) is 5.99. The highest BCUT2D eigenvalue weighted by molar-refractivity contribution is 7.89. The Kier molecular flexibility index (Phi) is 7.75. The van der Waals surface area contributed by atoms with E-state index < -0.39 is 28.0 Å². The van der Waals surface area contributed by atoms with Crippen molar-refractivity contribution in [2.75, 3.05) is 5.32 Å². The average Bonchev–Trinajstić information content (AvgIpc) is 3.30. The second-order valence-electron chi connectivity index (χ2n) is 9.16. The van der Waals surface area contributed by atoms with Gasteiger partial charge in [-0.1, -0.05) is 56.3 Å². The van der Waals surface area contributed by atoms with Crippen LogP contribution in [0.5, 0.6) is 0 Å². The number of carboxylic acids is 1. The highest BCUT2D eigenvalue weighted by atomic mass is 32.2. The van der Waals surface area contributed by atoms with Crippen molar-refractivity contribution in [3.05, 3.63) is 96.3 Å². The quantitative estimate of drug-likeness (QED) is 0.291. The van der Waals surface area contributed by atoms with Crippen LogP contribution in [0, 0.1) is 12.8 Å². The van der Waals surface area contributed by atoms with Gasteiger partial charge in [-0.25, -0.2) is 13.1 Å². The van der Waals surface area contributed by atoms with Crippen LogP contribution in [0.4, 0.5) is 5.69 Å². The van der Waals surface area contributed by atoms with Crippen LogP contribution in [0.1, 0.15) is 30.0 Å². The summed E-state index contributed by atoms with van der Waals surface area (Å²) in [6.45, 7) is 5.15. The van der Waals surface area contributed by atoms with Gasteiger partial charge in [-0.3, -0.25) is 9.59 Å². The van der Waals surface area contributed by atoms with E-state index in [-0.39, 0.29) is 10.8 Å². The second kappa shape index (κ2) is 11.0. The van der Waals surface area contributed by atoms with Gasteiger partial charge in [-0.05, 0) is 66.4 Å². The van der Waals surface area contributed by atoms with E-state index in [0.29, 0.717) is 11.4 Å². The van der Waals surface area contributed by atoms with Gasteiger partial charge >= 0.3 is 5.97 Å². The van der Waals surface area contributed by atoms with Crippen molar-refractivity contribution in [1.29, 1.82) is 0 Å². The summed E-state index contributed by atoms with van der Waals surface area (Å²) in [5.74, 6) is -1.98. The molecule has 0 bridgehead atoms. The first-order valence-corrected chi connectivity index (χ1v) is 13.4.